The van der Waals surface area contributed by atoms with Crippen LogP contribution in [0.25, 0.3) is 6.08 Å². The van der Waals surface area contributed by atoms with E-state index in [0.717, 1.165) is 11.6 Å². The van der Waals surface area contributed by atoms with Gasteiger partial charge in [-0.15, -0.1) is 0 Å². The molecule has 0 spiro atoms. The molecule has 1 aliphatic heterocycles. The average Bonchev–Trinajstić information content (AvgIpc) is 2.86. The topological polar surface area (TPSA) is 63.2 Å². The minimum atomic E-state index is -2.99. The Hall–Kier alpha value is -3.98. The number of benzene rings is 3. The number of esters is 1. The van der Waals surface area contributed by atoms with Gasteiger partial charge in [0.2, 0.25) is 6.29 Å². The Kier molecular flexibility index (Phi) is 7.57. The van der Waals surface area contributed by atoms with Gasteiger partial charge in [0.05, 0.1) is 13.7 Å². The highest BCUT2D eigenvalue weighted by Crippen LogP contribution is 2.37. The predicted molar refractivity (Wildman–Crippen MR) is 119 cm³/mol. The SMILES string of the molecule is COc1cc(/C=C/C(=O)OCc2cc(F)cc3c2OC(c2ccccc2)OC3)ccc1OC(F)F. The molecule has 0 saturated carbocycles. The Morgan fingerprint density at radius 2 is 1.91 bits per heavy atom. The van der Waals surface area contributed by atoms with Gasteiger partial charge in [-0.3, -0.25) is 0 Å². The van der Waals surface area contributed by atoms with Crippen molar-refractivity contribution in [2.45, 2.75) is 26.1 Å². The molecule has 1 atom stereocenters. The van der Waals surface area contributed by atoms with Gasteiger partial charge in [-0.1, -0.05) is 36.4 Å². The van der Waals surface area contributed by atoms with Crippen LogP contribution < -0.4 is 14.2 Å². The molecule has 35 heavy (non-hydrogen) atoms. The molecule has 6 nitrogen and oxygen atoms in total. The molecule has 3 aromatic rings. The molecule has 0 amide bonds. The van der Waals surface area contributed by atoms with Crippen molar-refractivity contribution < 1.29 is 41.7 Å². The molecule has 0 aliphatic carbocycles. The van der Waals surface area contributed by atoms with Crippen LogP contribution in [-0.2, 0) is 27.5 Å². The van der Waals surface area contributed by atoms with Crippen LogP contribution >= 0.6 is 0 Å². The summed E-state index contributed by atoms with van der Waals surface area (Å²) in [5.74, 6) is -0.839. The third-order valence-corrected chi connectivity index (χ3v) is 5.08. The van der Waals surface area contributed by atoms with Crippen molar-refractivity contribution in [1.82, 2.24) is 0 Å². The average molecular weight is 486 g/mol. The fourth-order valence-electron chi connectivity index (χ4n) is 3.50. The van der Waals surface area contributed by atoms with E-state index in [1.54, 1.807) is 0 Å². The lowest BCUT2D eigenvalue weighted by Gasteiger charge is -2.28. The summed E-state index contributed by atoms with van der Waals surface area (Å²) in [4.78, 5) is 12.3. The van der Waals surface area contributed by atoms with E-state index in [-0.39, 0.29) is 24.7 Å². The summed E-state index contributed by atoms with van der Waals surface area (Å²) in [6.45, 7) is -3.08. The standard InChI is InChI=1S/C26H21F3O6/c1-31-22-11-16(7-9-21(22)34-26(28)29)8-10-23(30)32-14-18-12-20(27)13-19-15-33-25(35-24(18)19)17-5-3-2-4-6-17/h2-13,25-26H,14-15H2,1H3/b10-8+. The molecular weight excluding hydrogens is 465 g/mol. The van der Waals surface area contributed by atoms with Crippen LogP contribution in [0.3, 0.4) is 0 Å². The predicted octanol–water partition coefficient (Wildman–Crippen LogP) is 5.80. The van der Waals surface area contributed by atoms with Crippen molar-refractivity contribution in [2.24, 2.45) is 0 Å². The molecule has 0 bridgehead atoms. The van der Waals surface area contributed by atoms with Crippen molar-refractivity contribution in [1.29, 1.82) is 0 Å². The zero-order valence-corrected chi connectivity index (χ0v) is 18.6. The Labute approximate surface area is 199 Å². The molecular formula is C26H21F3O6. The largest absolute Gasteiger partial charge is 0.493 e. The second kappa shape index (κ2) is 11.0. The molecule has 0 saturated heterocycles. The van der Waals surface area contributed by atoms with Crippen molar-refractivity contribution >= 4 is 12.0 Å². The van der Waals surface area contributed by atoms with Gasteiger partial charge >= 0.3 is 12.6 Å². The second-order valence-electron chi connectivity index (χ2n) is 7.45. The third kappa shape index (κ3) is 6.13. The van der Waals surface area contributed by atoms with Gasteiger partial charge in [0, 0.05) is 22.8 Å². The van der Waals surface area contributed by atoms with Gasteiger partial charge in [-0.25, -0.2) is 9.18 Å². The van der Waals surface area contributed by atoms with Crippen LogP contribution in [0, 0.1) is 5.82 Å². The van der Waals surface area contributed by atoms with Crippen LogP contribution in [0.2, 0.25) is 0 Å². The van der Waals surface area contributed by atoms with E-state index < -0.39 is 24.7 Å². The van der Waals surface area contributed by atoms with E-state index in [0.29, 0.717) is 22.4 Å². The van der Waals surface area contributed by atoms with Crippen LogP contribution in [0.5, 0.6) is 17.2 Å². The van der Waals surface area contributed by atoms with Gasteiger partial charge < -0.3 is 23.7 Å². The number of rotatable bonds is 8. The first kappa shape index (κ1) is 24.2. The molecule has 3 aromatic carbocycles. The van der Waals surface area contributed by atoms with Gasteiger partial charge in [-0.2, -0.15) is 8.78 Å². The van der Waals surface area contributed by atoms with Crippen LogP contribution in [0.1, 0.15) is 28.5 Å². The molecule has 4 rings (SSSR count). The van der Waals surface area contributed by atoms with Crippen molar-refractivity contribution in [2.75, 3.05) is 7.11 Å². The van der Waals surface area contributed by atoms with Crippen LogP contribution in [0.4, 0.5) is 13.2 Å². The minimum absolute atomic E-state index is 0.0829. The number of carbonyl (C=O) groups excluding carboxylic acids is 1. The maximum atomic E-state index is 14.1. The molecule has 182 valence electrons. The summed E-state index contributed by atoms with van der Waals surface area (Å²) in [6.07, 6.45) is 1.91. The van der Waals surface area contributed by atoms with E-state index in [1.165, 1.54) is 43.5 Å². The van der Waals surface area contributed by atoms with Gasteiger partial charge in [-0.05, 0) is 35.9 Å². The molecule has 1 heterocycles. The van der Waals surface area contributed by atoms with Gasteiger partial charge in [0.1, 0.15) is 18.2 Å². The molecule has 1 unspecified atom stereocenters. The smallest absolute Gasteiger partial charge is 0.387 e. The number of methoxy groups -OCH3 is 1. The number of hydrogen-bond acceptors (Lipinski definition) is 6. The second-order valence-corrected chi connectivity index (χ2v) is 7.45. The first-order valence-electron chi connectivity index (χ1n) is 10.5. The summed E-state index contributed by atoms with van der Waals surface area (Å²) in [6, 6.07) is 16.1. The number of ether oxygens (including phenoxy) is 5. The lowest BCUT2D eigenvalue weighted by Crippen LogP contribution is -2.19. The van der Waals surface area contributed by atoms with Crippen molar-refractivity contribution in [3.05, 3.63) is 94.8 Å². The number of carbonyl (C=O) groups is 1. The number of alkyl halides is 2. The normalized spacial score (nSPS) is 14.9. The lowest BCUT2D eigenvalue weighted by molar-refractivity contribution is -0.139. The minimum Gasteiger partial charge on any atom is -0.493 e. The van der Waals surface area contributed by atoms with Gasteiger partial charge in [0.15, 0.2) is 11.5 Å². The Balaban J connectivity index is 1.43. The fraction of sp³-hybridized carbons (Fsp3) is 0.192. The van der Waals surface area contributed by atoms with E-state index in [9.17, 15) is 18.0 Å². The third-order valence-electron chi connectivity index (χ3n) is 5.08. The lowest BCUT2D eigenvalue weighted by atomic mass is 10.1. The summed E-state index contributed by atoms with van der Waals surface area (Å²) < 4.78 is 65.4. The van der Waals surface area contributed by atoms with E-state index >= 15 is 0 Å². The Morgan fingerprint density at radius 3 is 2.66 bits per heavy atom. The zero-order valence-electron chi connectivity index (χ0n) is 18.6. The molecule has 9 heteroatoms. The maximum absolute atomic E-state index is 14.1. The summed E-state index contributed by atoms with van der Waals surface area (Å²) >= 11 is 0. The van der Waals surface area contributed by atoms with Gasteiger partial charge in [0.25, 0.3) is 0 Å². The van der Waals surface area contributed by atoms with E-state index in [1.807, 2.05) is 30.3 Å². The maximum Gasteiger partial charge on any atom is 0.387 e. The number of fused-ring (bicyclic) bond motifs is 1. The van der Waals surface area contributed by atoms with Crippen LogP contribution in [-0.4, -0.2) is 19.7 Å². The highest BCUT2D eigenvalue weighted by atomic mass is 19.3. The Bertz CT molecular complexity index is 1210. The molecule has 0 aromatic heterocycles. The molecule has 0 N–H and O–H groups in total. The number of hydrogen-bond donors (Lipinski definition) is 0. The molecule has 0 fully saturated rings. The first-order chi connectivity index (χ1) is 16.9. The van der Waals surface area contributed by atoms with Crippen molar-refractivity contribution in [3.63, 3.8) is 0 Å². The number of halogens is 3. The van der Waals surface area contributed by atoms with Crippen molar-refractivity contribution in [3.8, 4) is 17.2 Å². The monoisotopic (exact) mass is 486 g/mol. The first-order valence-corrected chi connectivity index (χ1v) is 10.5. The zero-order chi connectivity index (χ0) is 24.8. The summed E-state index contributed by atoms with van der Waals surface area (Å²) in [5, 5.41) is 0. The Morgan fingerprint density at radius 1 is 1.11 bits per heavy atom. The molecule has 1 aliphatic rings. The highest BCUT2D eigenvalue weighted by Gasteiger charge is 2.25. The quantitative estimate of drug-likeness (QED) is 0.296. The van der Waals surface area contributed by atoms with E-state index in [2.05, 4.69) is 4.74 Å². The molecule has 0 radical (unpaired) electrons. The van der Waals surface area contributed by atoms with Crippen LogP contribution in [0.15, 0.2) is 66.7 Å². The summed E-state index contributed by atoms with van der Waals surface area (Å²) in [7, 11) is 1.31. The highest BCUT2D eigenvalue weighted by molar-refractivity contribution is 5.87. The fourth-order valence-corrected chi connectivity index (χ4v) is 3.50. The van der Waals surface area contributed by atoms with E-state index in [4.69, 9.17) is 18.9 Å². The summed E-state index contributed by atoms with van der Waals surface area (Å²) in [5.41, 5.74) is 2.17.